The van der Waals surface area contributed by atoms with Gasteiger partial charge in [-0.1, -0.05) is 11.6 Å². The van der Waals surface area contributed by atoms with Gasteiger partial charge in [0.2, 0.25) is 0 Å². The fourth-order valence-electron chi connectivity index (χ4n) is 2.37. The Morgan fingerprint density at radius 2 is 2.22 bits per heavy atom. The number of pyridine rings is 1. The highest BCUT2D eigenvalue weighted by molar-refractivity contribution is 7.16. The van der Waals surface area contributed by atoms with E-state index in [1.54, 1.807) is 10.9 Å². The summed E-state index contributed by atoms with van der Waals surface area (Å²) in [5.41, 5.74) is 2.29. The summed E-state index contributed by atoms with van der Waals surface area (Å²) in [6, 6.07) is 5.19. The van der Waals surface area contributed by atoms with Crippen LogP contribution >= 0.6 is 22.9 Å². The molecule has 2 amide bonds. The largest absolute Gasteiger partial charge is 0.331 e. The van der Waals surface area contributed by atoms with E-state index in [0.29, 0.717) is 10.0 Å². The average Bonchev–Trinajstić information content (AvgIpc) is 3.04. The van der Waals surface area contributed by atoms with Gasteiger partial charge in [-0.2, -0.15) is 5.10 Å². The van der Waals surface area contributed by atoms with Crippen LogP contribution in [0.2, 0.25) is 4.34 Å². The van der Waals surface area contributed by atoms with Crippen LogP contribution in [0.5, 0.6) is 0 Å². The zero-order valence-electron chi connectivity index (χ0n) is 12.9. The number of anilines is 1. The van der Waals surface area contributed by atoms with Gasteiger partial charge in [0.15, 0.2) is 5.65 Å². The molecule has 0 aliphatic rings. The van der Waals surface area contributed by atoms with Crippen LogP contribution in [0.1, 0.15) is 23.5 Å². The maximum atomic E-state index is 12.1. The van der Waals surface area contributed by atoms with E-state index in [1.807, 2.05) is 39.1 Å². The number of halogens is 1. The Balaban J connectivity index is 1.71. The molecule has 0 spiro atoms. The molecule has 3 heterocycles. The predicted octanol–water partition coefficient (Wildman–Crippen LogP) is 3.87. The number of carbonyl (C=O) groups is 1. The van der Waals surface area contributed by atoms with Crippen molar-refractivity contribution in [2.45, 2.75) is 19.9 Å². The van der Waals surface area contributed by atoms with E-state index in [4.69, 9.17) is 11.6 Å². The minimum absolute atomic E-state index is 0.121. The summed E-state index contributed by atoms with van der Waals surface area (Å²) < 4.78 is 2.42. The molecule has 0 radical (unpaired) electrons. The molecule has 23 heavy (non-hydrogen) atoms. The molecule has 3 aromatic rings. The number of nitrogens with one attached hydrogen (secondary N) is 2. The number of aromatic nitrogens is 3. The number of hydrogen-bond donors (Lipinski definition) is 2. The molecule has 0 bridgehead atoms. The summed E-state index contributed by atoms with van der Waals surface area (Å²) in [4.78, 5) is 17.5. The van der Waals surface area contributed by atoms with Gasteiger partial charge in [-0.15, -0.1) is 11.3 Å². The van der Waals surface area contributed by atoms with Crippen molar-refractivity contribution < 1.29 is 4.79 Å². The monoisotopic (exact) mass is 349 g/mol. The highest BCUT2D eigenvalue weighted by Gasteiger charge is 2.13. The van der Waals surface area contributed by atoms with Crippen molar-refractivity contribution in [3.8, 4) is 0 Å². The summed E-state index contributed by atoms with van der Waals surface area (Å²) in [7, 11) is 1.84. The quantitative estimate of drug-likeness (QED) is 0.753. The first-order chi connectivity index (χ1) is 10.9. The molecule has 0 aliphatic heterocycles. The third kappa shape index (κ3) is 3.30. The number of aryl methyl sites for hydroxylation is 2. The zero-order chi connectivity index (χ0) is 16.6. The highest BCUT2D eigenvalue weighted by atomic mass is 35.5. The van der Waals surface area contributed by atoms with Crippen LogP contribution in [-0.2, 0) is 7.05 Å². The summed E-state index contributed by atoms with van der Waals surface area (Å²) in [5, 5.41) is 10.9. The highest BCUT2D eigenvalue weighted by Crippen LogP contribution is 2.26. The van der Waals surface area contributed by atoms with E-state index in [-0.39, 0.29) is 12.1 Å². The summed E-state index contributed by atoms with van der Waals surface area (Å²) >= 11 is 7.37. The molecule has 0 saturated heterocycles. The fraction of sp³-hybridized carbons (Fsp3) is 0.267. The molecule has 1 unspecified atom stereocenters. The molecule has 8 heteroatoms. The smallest absolute Gasteiger partial charge is 0.319 e. The van der Waals surface area contributed by atoms with Crippen molar-refractivity contribution in [3.63, 3.8) is 0 Å². The second-order valence-corrected chi connectivity index (χ2v) is 7.01. The van der Waals surface area contributed by atoms with Gasteiger partial charge in [-0.3, -0.25) is 4.68 Å². The maximum Gasteiger partial charge on any atom is 0.319 e. The lowest BCUT2D eigenvalue weighted by atomic mass is 10.2. The normalized spacial score (nSPS) is 12.3. The lowest BCUT2D eigenvalue weighted by Gasteiger charge is -2.13. The molecule has 6 nitrogen and oxygen atoms in total. The van der Waals surface area contributed by atoms with Gasteiger partial charge in [0, 0.05) is 17.3 Å². The molecular weight excluding hydrogens is 334 g/mol. The Morgan fingerprint density at radius 3 is 2.91 bits per heavy atom. The van der Waals surface area contributed by atoms with E-state index in [1.165, 1.54) is 11.3 Å². The van der Waals surface area contributed by atoms with Crippen molar-refractivity contribution in [1.29, 1.82) is 0 Å². The fourth-order valence-corrected chi connectivity index (χ4v) is 3.44. The van der Waals surface area contributed by atoms with Crippen LogP contribution in [0.25, 0.3) is 11.0 Å². The lowest BCUT2D eigenvalue weighted by molar-refractivity contribution is 0.249. The minimum atomic E-state index is -0.287. The number of thiophene rings is 1. The molecule has 120 valence electrons. The standard InChI is InChI=1S/C15H16ClN5OS/c1-8-11-6-10(7-17-14(11)21(3)20-8)19-15(22)18-9(2)12-4-5-13(16)23-12/h4-7,9H,1-3H3,(H2,18,19,22). The molecular formula is C15H16ClN5OS. The summed E-state index contributed by atoms with van der Waals surface area (Å²) in [6.07, 6.45) is 1.62. The second kappa shape index (κ2) is 6.17. The van der Waals surface area contributed by atoms with Crippen molar-refractivity contribution in [3.05, 3.63) is 39.3 Å². The molecule has 0 fully saturated rings. The second-order valence-electron chi connectivity index (χ2n) is 5.27. The van der Waals surface area contributed by atoms with Gasteiger partial charge < -0.3 is 10.6 Å². The first-order valence-corrected chi connectivity index (χ1v) is 8.25. The Morgan fingerprint density at radius 1 is 1.43 bits per heavy atom. The third-order valence-corrected chi connectivity index (χ3v) is 4.90. The van der Waals surface area contributed by atoms with Crippen molar-refractivity contribution in [2.24, 2.45) is 7.05 Å². The van der Waals surface area contributed by atoms with Crippen LogP contribution in [0.4, 0.5) is 10.5 Å². The molecule has 3 aromatic heterocycles. The number of hydrogen-bond acceptors (Lipinski definition) is 4. The molecule has 0 saturated carbocycles. The first-order valence-electron chi connectivity index (χ1n) is 7.06. The van der Waals surface area contributed by atoms with Crippen LogP contribution in [-0.4, -0.2) is 20.8 Å². The number of carbonyl (C=O) groups excluding carboxylic acids is 1. The van der Waals surface area contributed by atoms with Crippen molar-refractivity contribution in [1.82, 2.24) is 20.1 Å². The van der Waals surface area contributed by atoms with E-state index in [2.05, 4.69) is 20.7 Å². The Kier molecular flexibility index (Phi) is 4.23. The van der Waals surface area contributed by atoms with E-state index < -0.39 is 0 Å². The zero-order valence-corrected chi connectivity index (χ0v) is 14.5. The number of nitrogens with zero attached hydrogens (tertiary/aromatic N) is 3. The number of urea groups is 1. The minimum Gasteiger partial charge on any atom is -0.331 e. The molecule has 0 aromatic carbocycles. The first kappa shape index (κ1) is 15.8. The van der Waals surface area contributed by atoms with Gasteiger partial charge in [0.25, 0.3) is 0 Å². The number of amides is 2. The van der Waals surface area contributed by atoms with Crippen molar-refractivity contribution in [2.75, 3.05) is 5.32 Å². The van der Waals surface area contributed by atoms with E-state index in [0.717, 1.165) is 21.6 Å². The molecule has 3 rings (SSSR count). The lowest BCUT2D eigenvalue weighted by Crippen LogP contribution is -2.30. The molecule has 1 atom stereocenters. The average molecular weight is 350 g/mol. The van der Waals surface area contributed by atoms with Crippen molar-refractivity contribution >= 4 is 45.7 Å². The number of rotatable bonds is 3. The van der Waals surface area contributed by atoms with E-state index in [9.17, 15) is 4.79 Å². The summed E-state index contributed by atoms with van der Waals surface area (Å²) in [5.74, 6) is 0. The maximum absolute atomic E-state index is 12.1. The SMILES string of the molecule is Cc1nn(C)c2ncc(NC(=O)NC(C)c3ccc(Cl)s3)cc12. The van der Waals surface area contributed by atoms with Gasteiger partial charge in [-0.05, 0) is 32.0 Å². The van der Waals surface area contributed by atoms with Gasteiger partial charge >= 0.3 is 6.03 Å². The number of fused-ring (bicyclic) bond motifs is 1. The topological polar surface area (TPSA) is 71.8 Å². The van der Waals surface area contributed by atoms with Gasteiger partial charge in [0.05, 0.1) is 28.0 Å². The van der Waals surface area contributed by atoms with Crippen LogP contribution in [0.3, 0.4) is 0 Å². The van der Waals surface area contributed by atoms with Crippen LogP contribution < -0.4 is 10.6 Å². The third-order valence-electron chi connectivity index (χ3n) is 3.49. The Hall–Kier alpha value is -2.12. The van der Waals surface area contributed by atoms with Crippen LogP contribution in [0, 0.1) is 6.92 Å². The predicted molar refractivity (Wildman–Crippen MR) is 93.1 cm³/mol. The Bertz CT molecular complexity index is 872. The summed E-state index contributed by atoms with van der Waals surface area (Å²) in [6.45, 7) is 3.82. The molecule has 0 aliphatic carbocycles. The van der Waals surface area contributed by atoms with Crippen LogP contribution in [0.15, 0.2) is 24.4 Å². The Labute approximate surface area is 142 Å². The molecule has 2 N–H and O–H groups in total. The van der Waals surface area contributed by atoms with E-state index >= 15 is 0 Å². The van der Waals surface area contributed by atoms with Gasteiger partial charge in [0.1, 0.15) is 0 Å². The van der Waals surface area contributed by atoms with Gasteiger partial charge in [-0.25, -0.2) is 9.78 Å².